The van der Waals surface area contributed by atoms with Crippen molar-refractivity contribution in [3.63, 3.8) is 0 Å². The van der Waals surface area contributed by atoms with E-state index >= 15 is 0 Å². The Morgan fingerprint density at radius 2 is 2.16 bits per heavy atom. The van der Waals surface area contributed by atoms with Gasteiger partial charge in [0.05, 0.1) is 0 Å². The Kier molecular flexibility index (Phi) is 4.97. The fourth-order valence-electron chi connectivity index (χ4n) is 2.84. The maximum absolute atomic E-state index is 12.1. The molecule has 0 spiro atoms. The Labute approximate surface area is 115 Å². The Bertz CT molecular complexity index is 425. The van der Waals surface area contributed by atoms with E-state index in [1.54, 1.807) is 0 Å². The predicted octanol–water partition coefficient (Wildman–Crippen LogP) is 2.49. The molecule has 1 unspecified atom stereocenters. The van der Waals surface area contributed by atoms with Crippen LogP contribution in [0.3, 0.4) is 0 Å². The second kappa shape index (κ2) is 6.71. The number of nitrogens with one attached hydrogen (secondary N) is 1. The quantitative estimate of drug-likeness (QED) is 0.854. The molecule has 1 amide bonds. The molecular weight excluding hydrogens is 236 g/mol. The SMILES string of the molecule is Cc1cccc(C(CN)CC(=O)NC2CCCC2)c1. The summed E-state index contributed by atoms with van der Waals surface area (Å²) in [6.07, 6.45) is 5.23. The summed E-state index contributed by atoms with van der Waals surface area (Å²) in [7, 11) is 0. The van der Waals surface area contributed by atoms with Crippen LogP contribution in [0.5, 0.6) is 0 Å². The van der Waals surface area contributed by atoms with Crippen LogP contribution in [-0.2, 0) is 4.79 Å². The summed E-state index contributed by atoms with van der Waals surface area (Å²) in [5, 5.41) is 3.13. The largest absolute Gasteiger partial charge is 0.353 e. The molecule has 1 saturated carbocycles. The molecule has 0 aliphatic heterocycles. The first-order chi connectivity index (χ1) is 9.19. The van der Waals surface area contributed by atoms with Crippen LogP contribution in [0.4, 0.5) is 0 Å². The first-order valence-corrected chi connectivity index (χ1v) is 7.25. The van der Waals surface area contributed by atoms with E-state index in [0.717, 1.165) is 12.8 Å². The molecule has 1 aliphatic rings. The highest BCUT2D eigenvalue weighted by molar-refractivity contribution is 5.77. The minimum Gasteiger partial charge on any atom is -0.353 e. The fourth-order valence-corrected chi connectivity index (χ4v) is 2.84. The maximum atomic E-state index is 12.1. The van der Waals surface area contributed by atoms with Crippen molar-refractivity contribution in [3.05, 3.63) is 35.4 Å². The van der Waals surface area contributed by atoms with Crippen LogP contribution in [0.1, 0.15) is 49.1 Å². The van der Waals surface area contributed by atoms with Gasteiger partial charge in [0, 0.05) is 18.4 Å². The van der Waals surface area contributed by atoms with Gasteiger partial charge >= 0.3 is 0 Å². The zero-order valence-electron chi connectivity index (χ0n) is 11.7. The Morgan fingerprint density at radius 1 is 1.42 bits per heavy atom. The third-order valence-electron chi connectivity index (χ3n) is 3.95. The molecular formula is C16H24N2O. The highest BCUT2D eigenvalue weighted by atomic mass is 16.1. The van der Waals surface area contributed by atoms with Crippen molar-refractivity contribution in [2.45, 2.75) is 51.0 Å². The minimum absolute atomic E-state index is 0.126. The van der Waals surface area contributed by atoms with E-state index in [1.807, 2.05) is 6.07 Å². The molecule has 0 saturated heterocycles. The second-order valence-electron chi connectivity index (χ2n) is 5.60. The number of rotatable bonds is 5. The fraction of sp³-hybridized carbons (Fsp3) is 0.562. The van der Waals surface area contributed by atoms with Gasteiger partial charge in [-0.1, -0.05) is 42.7 Å². The van der Waals surface area contributed by atoms with E-state index in [4.69, 9.17) is 5.73 Å². The van der Waals surface area contributed by atoms with E-state index in [2.05, 4.69) is 30.4 Å². The van der Waals surface area contributed by atoms with Crippen LogP contribution < -0.4 is 11.1 Å². The van der Waals surface area contributed by atoms with Crippen molar-refractivity contribution in [2.24, 2.45) is 5.73 Å². The molecule has 0 bridgehead atoms. The summed E-state index contributed by atoms with van der Waals surface area (Å²) in [5.74, 6) is 0.269. The monoisotopic (exact) mass is 260 g/mol. The van der Waals surface area contributed by atoms with Gasteiger partial charge < -0.3 is 11.1 Å². The maximum Gasteiger partial charge on any atom is 0.220 e. The van der Waals surface area contributed by atoms with Crippen molar-refractivity contribution in [1.29, 1.82) is 0 Å². The van der Waals surface area contributed by atoms with Gasteiger partial charge in [-0.2, -0.15) is 0 Å². The predicted molar refractivity (Wildman–Crippen MR) is 78.0 cm³/mol. The van der Waals surface area contributed by atoms with Gasteiger partial charge in [0.2, 0.25) is 5.91 Å². The van der Waals surface area contributed by atoms with E-state index in [9.17, 15) is 4.79 Å². The summed E-state index contributed by atoms with van der Waals surface area (Å²) in [5.41, 5.74) is 8.22. The lowest BCUT2D eigenvalue weighted by atomic mass is 9.94. The van der Waals surface area contributed by atoms with Crippen molar-refractivity contribution in [3.8, 4) is 0 Å². The smallest absolute Gasteiger partial charge is 0.220 e. The molecule has 104 valence electrons. The molecule has 0 aromatic heterocycles. The number of aryl methyl sites for hydroxylation is 1. The van der Waals surface area contributed by atoms with Gasteiger partial charge in [0.25, 0.3) is 0 Å². The molecule has 3 N–H and O–H groups in total. The minimum atomic E-state index is 0.126. The van der Waals surface area contributed by atoms with E-state index in [0.29, 0.717) is 19.0 Å². The summed E-state index contributed by atoms with van der Waals surface area (Å²) in [6.45, 7) is 2.58. The zero-order chi connectivity index (χ0) is 13.7. The summed E-state index contributed by atoms with van der Waals surface area (Å²) >= 11 is 0. The first-order valence-electron chi connectivity index (χ1n) is 7.25. The van der Waals surface area contributed by atoms with Gasteiger partial charge in [0.1, 0.15) is 0 Å². The molecule has 2 rings (SSSR count). The topological polar surface area (TPSA) is 55.1 Å². The number of carbonyl (C=O) groups excluding carboxylic acids is 1. The highest BCUT2D eigenvalue weighted by Crippen LogP contribution is 2.21. The van der Waals surface area contributed by atoms with Crippen LogP contribution in [0.15, 0.2) is 24.3 Å². The summed E-state index contributed by atoms with van der Waals surface area (Å²) in [6, 6.07) is 8.68. The Hall–Kier alpha value is -1.35. The molecule has 3 nitrogen and oxygen atoms in total. The third-order valence-corrected chi connectivity index (χ3v) is 3.95. The zero-order valence-corrected chi connectivity index (χ0v) is 11.7. The van der Waals surface area contributed by atoms with Crippen LogP contribution in [0.2, 0.25) is 0 Å². The molecule has 3 heteroatoms. The van der Waals surface area contributed by atoms with Gasteiger partial charge in [-0.15, -0.1) is 0 Å². The highest BCUT2D eigenvalue weighted by Gasteiger charge is 2.20. The van der Waals surface area contributed by atoms with Crippen molar-refractivity contribution in [2.75, 3.05) is 6.54 Å². The standard InChI is InChI=1S/C16H24N2O/c1-12-5-4-6-13(9-12)14(11-17)10-16(19)18-15-7-2-3-8-15/h4-6,9,14-15H,2-3,7-8,10-11,17H2,1H3,(H,18,19). The van der Waals surface area contributed by atoms with Crippen LogP contribution in [0, 0.1) is 6.92 Å². The lowest BCUT2D eigenvalue weighted by Crippen LogP contribution is -2.34. The molecule has 1 atom stereocenters. The molecule has 0 heterocycles. The average Bonchev–Trinajstić information content (AvgIpc) is 2.88. The Balaban J connectivity index is 1.92. The number of nitrogens with two attached hydrogens (primary N) is 1. The van der Waals surface area contributed by atoms with E-state index in [1.165, 1.54) is 24.0 Å². The number of carbonyl (C=O) groups is 1. The first kappa shape index (κ1) is 14.1. The van der Waals surface area contributed by atoms with Crippen LogP contribution >= 0.6 is 0 Å². The average molecular weight is 260 g/mol. The molecule has 19 heavy (non-hydrogen) atoms. The molecule has 1 fully saturated rings. The van der Waals surface area contributed by atoms with Gasteiger partial charge in [-0.3, -0.25) is 4.79 Å². The molecule has 1 aromatic rings. The number of hydrogen-bond acceptors (Lipinski definition) is 2. The molecule has 1 aromatic carbocycles. The molecule has 0 radical (unpaired) electrons. The van der Waals surface area contributed by atoms with Crippen LogP contribution in [-0.4, -0.2) is 18.5 Å². The summed E-state index contributed by atoms with van der Waals surface area (Å²) < 4.78 is 0. The summed E-state index contributed by atoms with van der Waals surface area (Å²) in [4.78, 5) is 12.1. The van der Waals surface area contributed by atoms with Crippen molar-refractivity contribution in [1.82, 2.24) is 5.32 Å². The van der Waals surface area contributed by atoms with Gasteiger partial charge in [-0.05, 0) is 31.9 Å². The van der Waals surface area contributed by atoms with E-state index < -0.39 is 0 Å². The number of benzene rings is 1. The second-order valence-corrected chi connectivity index (χ2v) is 5.60. The normalized spacial score (nSPS) is 17.4. The van der Waals surface area contributed by atoms with Crippen LogP contribution in [0.25, 0.3) is 0 Å². The number of amides is 1. The van der Waals surface area contributed by atoms with Crippen molar-refractivity contribution < 1.29 is 4.79 Å². The Morgan fingerprint density at radius 3 is 2.79 bits per heavy atom. The number of hydrogen-bond donors (Lipinski definition) is 2. The lowest BCUT2D eigenvalue weighted by Gasteiger charge is -2.18. The third kappa shape index (κ3) is 4.06. The van der Waals surface area contributed by atoms with E-state index in [-0.39, 0.29) is 11.8 Å². The van der Waals surface area contributed by atoms with Gasteiger partial charge in [0.15, 0.2) is 0 Å². The molecule has 1 aliphatic carbocycles. The lowest BCUT2D eigenvalue weighted by molar-refractivity contribution is -0.122. The van der Waals surface area contributed by atoms with Crippen molar-refractivity contribution >= 4 is 5.91 Å². The van der Waals surface area contributed by atoms with Gasteiger partial charge in [-0.25, -0.2) is 0 Å².